The summed E-state index contributed by atoms with van der Waals surface area (Å²) in [5.74, 6) is -1.56. The fourth-order valence-electron chi connectivity index (χ4n) is 3.51. The third-order valence-corrected chi connectivity index (χ3v) is 8.65. The first-order valence-corrected chi connectivity index (χ1v) is 11.6. The SMILES string of the molecule is Cc1cc(S(=O)(=O)N[C@@]2(C(=O)O)C[C@H]2c2ccccc2)sc1-c1ccc(Cl)cc1. The lowest BCUT2D eigenvalue weighted by molar-refractivity contribution is -0.140. The summed E-state index contributed by atoms with van der Waals surface area (Å²) in [4.78, 5) is 12.8. The van der Waals surface area contributed by atoms with Gasteiger partial charge in [-0.05, 0) is 48.2 Å². The zero-order valence-corrected chi connectivity index (χ0v) is 17.8. The Balaban J connectivity index is 1.65. The molecule has 29 heavy (non-hydrogen) atoms. The molecule has 3 aromatic rings. The van der Waals surface area contributed by atoms with Crippen LogP contribution in [0.5, 0.6) is 0 Å². The van der Waals surface area contributed by atoms with Gasteiger partial charge in [-0.15, -0.1) is 11.3 Å². The molecule has 0 radical (unpaired) electrons. The first kappa shape index (κ1) is 20.1. The maximum atomic E-state index is 13.0. The maximum Gasteiger partial charge on any atom is 0.325 e. The Labute approximate surface area is 178 Å². The molecule has 2 atom stereocenters. The molecule has 2 aromatic carbocycles. The molecular weight excluding hydrogens is 430 g/mol. The molecule has 1 saturated carbocycles. The zero-order valence-electron chi connectivity index (χ0n) is 15.4. The second-order valence-corrected chi connectivity index (χ2v) is 10.5. The predicted octanol–water partition coefficient (Wildman–Crippen LogP) is 4.67. The summed E-state index contributed by atoms with van der Waals surface area (Å²) in [7, 11) is -4.00. The minimum atomic E-state index is -4.00. The molecule has 1 aliphatic carbocycles. The molecule has 0 amide bonds. The number of benzene rings is 2. The minimum absolute atomic E-state index is 0.0966. The molecule has 4 rings (SSSR count). The van der Waals surface area contributed by atoms with E-state index in [4.69, 9.17) is 11.6 Å². The van der Waals surface area contributed by atoms with Crippen molar-refractivity contribution in [1.82, 2.24) is 4.72 Å². The molecule has 0 spiro atoms. The molecule has 2 N–H and O–H groups in total. The summed E-state index contributed by atoms with van der Waals surface area (Å²) >= 11 is 7.05. The van der Waals surface area contributed by atoms with E-state index in [9.17, 15) is 18.3 Å². The fourth-order valence-corrected chi connectivity index (χ4v) is 6.58. The van der Waals surface area contributed by atoms with Gasteiger partial charge in [-0.2, -0.15) is 4.72 Å². The van der Waals surface area contributed by atoms with Gasteiger partial charge in [0, 0.05) is 15.8 Å². The molecule has 0 aliphatic heterocycles. The lowest BCUT2D eigenvalue weighted by Crippen LogP contribution is -2.44. The molecule has 0 saturated heterocycles. The number of aliphatic carboxylic acids is 1. The number of nitrogens with one attached hydrogen (secondary N) is 1. The molecular formula is C21H18ClNO4S2. The molecule has 5 nitrogen and oxygen atoms in total. The van der Waals surface area contributed by atoms with Crippen molar-refractivity contribution in [2.75, 3.05) is 0 Å². The minimum Gasteiger partial charge on any atom is -0.480 e. The van der Waals surface area contributed by atoms with E-state index < -0.39 is 27.4 Å². The summed E-state index contributed by atoms with van der Waals surface area (Å²) in [5, 5.41) is 10.4. The van der Waals surface area contributed by atoms with Crippen molar-refractivity contribution in [3.8, 4) is 10.4 Å². The Morgan fingerprint density at radius 1 is 1.17 bits per heavy atom. The number of carboxylic acids is 1. The van der Waals surface area contributed by atoms with Gasteiger partial charge in [0.1, 0.15) is 9.75 Å². The van der Waals surface area contributed by atoms with Crippen LogP contribution in [0, 0.1) is 6.92 Å². The average Bonchev–Trinajstić information content (AvgIpc) is 3.27. The van der Waals surface area contributed by atoms with Crippen molar-refractivity contribution in [2.45, 2.75) is 29.0 Å². The van der Waals surface area contributed by atoms with Crippen molar-refractivity contribution < 1.29 is 18.3 Å². The molecule has 1 fully saturated rings. The van der Waals surface area contributed by atoms with Crippen molar-refractivity contribution in [3.05, 3.63) is 76.8 Å². The van der Waals surface area contributed by atoms with E-state index in [0.29, 0.717) is 5.02 Å². The number of hydrogen-bond acceptors (Lipinski definition) is 4. The van der Waals surface area contributed by atoms with Crippen molar-refractivity contribution in [1.29, 1.82) is 0 Å². The van der Waals surface area contributed by atoms with Gasteiger partial charge in [-0.3, -0.25) is 4.79 Å². The van der Waals surface area contributed by atoms with Crippen LogP contribution in [0.4, 0.5) is 0 Å². The molecule has 1 heterocycles. The van der Waals surface area contributed by atoms with Crippen molar-refractivity contribution in [2.24, 2.45) is 0 Å². The molecule has 1 aromatic heterocycles. The van der Waals surface area contributed by atoms with Gasteiger partial charge >= 0.3 is 5.97 Å². The number of aryl methyl sites for hydroxylation is 1. The third kappa shape index (κ3) is 3.71. The van der Waals surface area contributed by atoms with E-state index in [1.807, 2.05) is 49.4 Å². The monoisotopic (exact) mass is 447 g/mol. The number of sulfonamides is 1. The van der Waals surface area contributed by atoms with Crippen LogP contribution in [0.15, 0.2) is 64.9 Å². The highest BCUT2D eigenvalue weighted by Crippen LogP contribution is 2.52. The summed E-state index contributed by atoms with van der Waals surface area (Å²) in [5.41, 5.74) is 0.956. The van der Waals surface area contributed by atoms with Crippen molar-refractivity contribution >= 4 is 38.9 Å². The quantitative estimate of drug-likeness (QED) is 0.575. The first-order chi connectivity index (χ1) is 13.7. The van der Waals surface area contributed by atoms with E-state index in [1.54, 1.807) is 18.2 Å². The maximum absolute atomic E-state index is 13.0. The van der Waals surface area contributed by atoms with E-state index >= 15 is 0 Å². The zero-order chi connectivity index (χ0) is 20.8. The fraction of sp³-hybridized carbons (Fsp3) is 0.190. The predicted molar refractivity (Wildman–Crippen MR) is 114 cm³/mol. The number of hydrogen-bond donors (Lipinski definition) is 2. The van der Waals surface area contributed by atoms with Crippen LogP contribution in [0.3, 0.4) is 0 Å². The van der Waals surface area contributed by atoms with Gasteiger partial charge in [-0.25, -0.2) is 8.42 Å². The summed E-state index contributed by atoms with van der Waals surface area (Å²) in [6, 6.07) is 17.8. The van der Waals surface area contributed by atoms with Crippen LogP contribution in [-0.2, 0) is 14.8 Å². The van der Waals surface area contributed by atoms with Crippen LogP contribution in [0.25, 0.3) is 10.4 Å². The van der Waals surface area contributed by atoms with Gasteiger partial charge in [-0.1, -0.05) is 54.1 Å². The number of thiophene rings is 1. The highest BCUT2D eigenvalue weighted by Gasteiger charge is 2.63. The number of carboxylic acid groups (broad SMARTS) is 1. The summed E-state index contributed by atoms with van der Waals surface area (Å²) in [6.07, 6.45) is 0.222. The molecule has 8 heteroatoms. The Kier molecular flexibility index (Phi) is 5.02. The van der Waals surface area contributed by atoms with E-state index in [-0.39, 0.29) is 10.6 Å². The average molecular weight is 448 g/mol. The van der Waals surface area contributed by atoms with Gasteiger partial charge in [0.2, 0.25) is 0 Å². The van der Waals surface area contributed by atoms with Crippen LogP contribution in [-0.4, -0.2) is 25.0 Å². The largest absolute Gasteiger partial charge is 0.480 e. The standard InChI is InChI=1S/C21H18ClNO4S2/c1-13-11-18(28-19(13)15-7-9-16(22)10-8-15)29(26,27)23-21(20(24)25)12-17(21)14-5-3-2-4-6-14/h2-11,17,23H,12H2,1H3,(H,24,25)/t17-,21-/m0/s1. The molecule has 0 unspecified atom stereocenters. The van der Waals surface area contributed by atoms with E-state index in [1.165, 1.54) is 0 Å². The Bertz CT molecular complexity index is 1170. The van der Waals surface area contributed by atoms with Crippen LogP contribution >= 0.6 is 22.9 Å². The lowest BCUT2D eigenvalue weighted by atomic mass is 10.1. The Morgan fingerprint density at radius 2 is 1.83 bits per heavy atom. The number of carbonyl (C=O) groups is 1. The van der Waals surface area contributed by atoms with Crippen LogP contribution in [0.2, 0.25) is 5.02 Å². The van der Waals surface area contributed by atoms with Crippen molar-refractivity contribution in [3.63, 3.8) is 0 Å². The topological polar surface area (TPSA) is 83.5 Å². The number of halogens is 1. The summed E-state index contributed by atoms with van der Waals surface area (Å²) in [6.45, 7) is 1.83. The Morgan fingerprint density at radius 3 is 2.45 bits per heavy atom. The molecule has 150 valence electrons. The first-order valence-electron chi connectivity index (χ1n) is 8.92. The van der Waals surface area contributed by atoms with Gasteiger partial charge < -0.3 is 5.11 Å². The van der Waals surface area contributed by atoms with Crippen LogP contribution in [0.1, 0.15) is 23.5 Å². The van der Waals surface area contributed by atoms with E-state index in [0.717, 1.165) is 32.9 Å². The second kappa shape index (κ2) is 7.25. The molecule has 0 bridgehead atoms. The van der Waals surface area contributed by atoms with Gasteiger partial charge in [0.05, 0.1) is 0 Å². The van der Waals surface area contributed by atoms with Gasteiger partial charge in [0.25, 0.3) is 10.0 Å². The van der Waals surface area contributed by atoms with E-state index in [2.05, 4.69) is 4.72 Å². The highest BCUT2D eigenvalue weighted by atomic mass is 35.5. The highest BCUT2D eigenvalue weighted by molar-refractivity contribution is 7.91. The van der Waals surface area contributed by atoms with Crippen LogP contribution < -0.4 is 4.72 Å². The third-order valence-electron chi connectivity index (χ3n) is 5.13. The number of rotatable bonds is 6. The lowest BCUT2D eigenvalue weighted by Gasteiger charge is -2.14. The molecule has 1 aliphatic rings. The normalized spacial score (nSPS) is 21.1. The van der Waals surface area contributed by atoms with Gasteiger partial charge in [0.15, 0.2) is 0 Å². The Hall–Kier alpha value is -2.19. The second-order valence-electron chi connectivity index (χ2n) is 7.13. The smallest absolute Gasteiger partial charge is 0.325 e. The summed E-state index contributed by atoms with van der Waals surface area (Å²) < 4.78 is 28.6.